The maximum Gasteiger partial charge on any atom is 0.151 e. The summed E-state index contributed by atoms with van der Waals surface area (Å²) in [6.45, 7) is 4.17. The summed E-state index contributed by atoms with van der Waals surface area (Å²) in [7, 11) is 0. The third kappa shape index (κ3) is 3.08. The van der Waals surface area contributed by atoms with Crippen LogP contribution < -0.4 is 0 Å². The van der Waals surface area contributed by atoms with Crippen LogP contribution in [0.1, 0.15) is 39.5 Å². The van der Waals surface area contributed by atoms with Crippen molar-refractivity contribution in [3.8, 4) is 0 Å². The number of carbonyl (C=O) groups is 1. The second kappa shape index (κ2) is 3.76. The SMILES string of the molecule is CC(C)(O)CCC1(C=O)CCCO1. The van der Waals surface area contributed by atoms with E-state index >= 15 is 0 Å². The van der Waals surface area contributed by atoms with Gasteiger partial charge in [-0.25, -0.2) is 0 Å². The van der Waals surface area contributed by atoms with Gasteiger partial charge in [-0.2, -0.15) is 0 Å². The van der Waals surface area contributed by atoms with Crippen LogP contribution in [0.3, 0.4) is 0 Å². The summed E-state index contributed by atoms with van der Waals surface area (Å²) in [6.07, 6.45) is 3.87. The minimum Gasteiger partial charge on any atom is -0.390 e. The van der Waals surface area contributed by atoms with Crippen LogP contribution in [0, 0.1) is 0 Å². The molecule has 0 bridgehead atoms. The van der Waals surface area contributed by atoms with Crippen molar-refractivity contribution in [1.82, 2.24) is 0 Å². The van der Waals surface area contributed by atoms with Gasteiger partial charge in [0.1, 0.15) is 5.60 Å². The topological polar surface area (TPSA) is 46.5 Å². The van der Waals surface area contributed by atoms with E-state index in [1.165, 1.54) is 0 Å². The van der Waals surface area contributed by atoms with E-state index in [2.05, 4.69) is 0 Å². The van der Waals surface area contributed by atoms with Crippen molar-refractivity contribution in [2.24, 2.45) is 0 Å². The third-order valence-electron chi connectivity index (χ3n) is 2.51. The maximum absolute atomic E-state index is 10.8. The number of hydrogen-bond donors (Lipinski definition) is 1. The molecule has 0 amide bonds. The first-order chi connectivity index (χ1) is 5.97. The lowest BCUT2D eigenvalue weighted by molar-refractivity contribution is -0.127. The predicted molar refractivity (Wildman–Crippen MR) is 49.5 cm³/mol. The number of rotatable bonds is 4. The minimum atomic E-state index is -0.706. The Hall–Kier alpha value is -0.410. The summed E-state index contributed by atoms with van der Waals surface area (Å²) in [6, 6.07) is 0. The van der Waals surface area contributed by atoms with Gasteiger partial charge in [0, 0.05) is 6.61 Å². The molecule has 1 atom stereocenters. The van der Waals surface area contributed by atoms with Crippen LogP contribution >= 0.6 is 0 Å². The molecule has 1 heterocycles. The monoisotopic (exact) mass is 186 g/mol. The van der Waals surface area contributed by atoms with Crippen molar-refractivity contribution in [2.45, 2.75) is 50.7 Å². The second-order valence-corrected chi connectivity index (χ2v) is 4.45. The fraction of sp³-hybridized carbons (Fsp3) is 0.900. The standard InChI is InChI=1S/C10H18O3/c1-9(2,12)5-6-10(8-11)4-3-7-13-10/h8,12H,3-7H2,1-2H3. The van der Waals surface area contributed by atoms with E-state index in [-0.39, 0.29) is 0 Å². The molecular formula is C10H18O3. The van der Waals surface area contributed by atoms with Gasteiger partial charge in [0.15, 0.2) is 6.29 Å². The van der Waals surface area contributed by atoms with Crippen LogP contribution in [-0.2, 0) is 9.53 Å². The highest BCUT2D eigenvalue weighted by atomic mass is 16.5. The smallest absolute Gasteiger partial charge is 0.151 e. The number of hydrogen-bond acceptors (Lipinski definition) is 3. The van der Waals surface area contributed by atoms with E-state index in [0.29, 0.717) is 19.4 Å². The molecule has 3 nitrogen and oxygen atoms in total. The summed E-state index contributed by atoms with van der Waals surface area (Å²) in [4.78, 5) is 10.8. The number of aldehydes is 1. The first-order valence-corrected chi connectivity index (χ1v) is 4.80. The van der Waals surface area contributed by atoms with Gasteiger partial charge in [0.2, 0.25) is 0 Å². The fourth-order valence-corrected chi connectivity index (χ4v) is 1.59. The van der Waals surface area contributed by atoms with E-state index in [4.69, 9.17) is 4.74 Å². The predicted octanol–water partition coefficient (Wildman–Crippen LogP) is 1.29. The van der Waals surface area contributed by atoms with Crippen molar-refractivity contribution in [3.05, 3.63) is 0 Å². The molecule has 0 aromatic rings. The van der Waals surface area contributed by atoms with E-state index in [9.17, 15) is 9.90 Å². The molecule has 76 valence electrons. The highest BCUT2D eigenvalue weighted by Gasteiger charge is 2.35. The van der Waals surface area contributed by atoms with E-state index in [1.807, 2.05) is 0 Å². The van der Waals surface area contributed by atoms with Crippen molar-refractivity contribution < 1.29 is 14.6 Å². The maximum atomic E-state index is 10.8. The molecule has 1 saturated heterocycles. The Morgan fingerprint density at radius 3 is 2.69 bits per heavy atom. The Balaban J connectivity index is 2.45. The average Bonchev–Trinajstić information content (AvgIpc) is 2.49. The lowest BCUT2D eigenvalue weighted by Crippen LogP contribution is -2.33. The molecule has 0 aromatic carbocycles. The molecule has 1 fully saturated rings. The van der Waals surface area contributed by atoms with E-state index in [1.54, 1.807) is 13.8 Å². The van der Waals surface area contributed by atoms with Crippen LogP contribution in [0.15, 0.2) is 0 Å². The molecule has 1 N–H and O–H groups in total. The van der Waals surface area contributed by atoms with Crippen LogP contribution in [0.5, 0.6) is 0 Å². The van der Waals surface area contributed by atoms with Crippen molar-refractivity contribution >= 4 is 6.29 Å². The zero-order chi connectivity index (χ0) is 9.95. The quantitative estimate of drug-likeness (QED) is 0.673. The van der Waals surface area contributed by atoms with Gasteiger partial charge < -0.3 is 14.6 Å². The van der Waals surface area contributed by atoms with Crippen LogP contribution in [0.25, 0.3) is 0 Å². The molecule has 1 aliphatic rings. The van der Waals surface area contributed by atoms with Gasteiger partial charge in [-0.3, -0.25) is 0 Å². The molecule has 0 saturated carbocycles. The van der Waals surface area contributed by atoms with Gasteiger partial charge in [-0.1, -0.05) is 0 Å². The minimum absolute atomic E-state index is 0.597. The van der Waals surface area contributed by atoms with E-state index in [0.717, 1.165) is 19.1 Å². The number of aliphatic hydroxyl groups is 1. The number of ether oxygens (including phenoxy) is 1. The summed E-state index contributed by atoms with van der Waals surface area (Å²) in [5.41, 5.74) is -1.30. The summed E-state index contributed by atoms with van der Waals surface area (Å²) in [5, 5.41) is 9.52. The summed E-state index contributed by atoms with van der Waals surface area (Å²) >= 11 is 0. The molecule has 0 aromatic heterocycles. The normalized spacial score (nSPS) is 29.2. The molecule has 0 aliphatic carbocycles. The zero-order valence-electron chi connectivity index (χ0n) is 8.38. The van der Waals surface area contributed by atoms with Gasteiger partial charge in [-0.05, 0) is 39.5 Å². The van der Waals surface area contributed by atoms with Crippen molar-refractivity contribution in [2.75, 3.05) is 6.61 Å². The zero-order valence-corrected chi connectivity index (χ0v) is 8.38. The third-order valence-corrected chi connectivity index (χ3v) is 2.51. The van der Waals surface area contributed by atoms with Crippen LogP contribution in [0.2, 0.25) is 0 Å². The highest BCUT2D eigenvalue weighted by Crippen LogP contribution is 2.30. The Bertz CT molecular complexity index is 175. The summed E-state index contributed by atoms with van der Waals surface area (Å²) < 4.78 is 5.41. The largest absolute Gasteiger partial charge is 0.390 e. The lowest BCUT2D eigenvalue weighted by Gasteiger charge is -2.25. The molecular weight excluding hydrogens is 168 g/mol. The highest BCUT2D eigenvalue weighted by molar-refractivity contribution is 5.62. The Kier molecular flexibility index (Phi) is 3.09. The molecule has 13 heavy (non-hydrogen) atoms. The molecule has 1 rings (SSSR count). The van der Waals surface area contributed by atoms with Crippen LogP contribution in [0.4, 0.5) is 0 Å². The van der Waals surface area contributed by atoms with E-state index < -0.39 is 11.2 Å². The molecule has 0 spiro atoms. The van der Waals surface area contributed by atoms with Crippen LogP contribution in [-0.4, -0.2) is 29.2 Å². The van der Waals surface area contributed by atoms with Gasteiger partial charge >= 0.3 is 0 Å². The Labute approximate surface area is 79.1 Å². The van der Waals surface area contributed by atoms with Crippen molar-refractivity contribution in [1.29, 1.82) is 0 Å². The summed E-state index contributed by atoms with van der Waals surface area (Å²) in [5.74, 6) is 0. The first kappa shape index (κ1) is 10.7. The lowest BCUT2D eigenvalue weighted by atomic mass is 9.90. The molecule has 3 heteroatoms. The average molecular weight is 186 g/mol. The van der Waals surface area contributed by atoms with Gasteiger partial charge in [0.05, 0.1) is 5.60 Å². The second-order valence-electron chi connectivity index (χ2n) is 4.45. The molecule has 1 aliphatic heterocycles. The fourth-order valence-electron chi connectivity index (χ4n) is 1.59. The first-order valence-electron chi connectivity index (χ1n) is 4.80. The van der Waals surface area contributed by atoms with Gasteiger partial charge in [0.25, 0.3) is 0 Å². The Morgan fingerprint density at radius 2 is 2.31 bits per heavy atom. The van der Waals surface area contributed by atoms with Crippen molar-refractivity contribution in [3.63, 3.8) is 0 Å². The Morgan fingerprint density at radius 1 is 1.62 bits per heavy atom. The molecule has 1 unspecified atom stereocenters. The molecule has 0 radical (unpaired) electrons. The van der Waals surface area contributed by atoms with Gasteiger partial charge in [-0.15, -0.1) is 0 Å². The number of carbonyl (C=O) groups excluding carboxylic acids is 1.